The molecule has 2 aromatic rings. The number of nitro benzene ring substituents is 1. The highest BCUT2D eigenvalue weighted by atomic mass is 16.6. The Morgan fingerprint density at radius 2 is 1.67 bits per heavy atom. The molecule has 2 N–H and O–H groups in total. The lowest BCUT2D eigenvalue weighted by Gasteiger charge is -2.10. The maximum absolute atomic E-state index is 12.0. The highest BCUT2D eigenvalue weighted by Gasteiger charge is 2.18. The normalized spacial score (nSPS) is 10.1. The molecule has 0 aliphatic rings. The lowest BCUT2D eigenvalue weighted by atomic mass is 10.1. The molecule has 2 rings (SSSR count). The smallest absolute Gasteiger partial charge is 0.325 e. The van der Waals surface area contributed by atoms with E-state index in [1.54, 1.807) is 44.2 Å². The van der Waals surface area contributed by atoms with Crippen LogP contribution in [0.5, 0.6) is 5.75 Å². The second-order valence-electron chi connectivity index (χ2n) is 6.30. The van der Waals surface area contributed by atoms with Crippen molar-refractivity contribution < 1.29 is 28.8 Å². The van der Waals surface area contributed by atoms with Gasteiger partial charge in [-0.15, -0.1) is 0 Å². The Bertz CT molecular complexity index is 945. The van der Waals surface area contributed by atoms with Crippen LogP contribution in [-0.4, -0.2) is 42.5 Å². The minimum atomic E-state index is -0.840. The largest absolute Gasteiger partial charge is 0.484 e. The van der Waals surface area contributed by atoms with Crippen LogP contribution in [0.25, 0.3) is 0 Å². The Balaban J connectivity index is 1.75. The summed E-state index contributed by atoms with van der Waals surface area (Å²) in [4.78, 5) is 45.9. The molecule has 0 aromatic heterocycles. The number of benzene rings is 2. The predicted octanol–water partition coefficient (Wildman–Crippen LogP) is 1.89. The van der Waals surface area contributed by atoms with Crippen LogP contribution >= 0.6 is 0 Å². The number of aryl methyl sites for hydroxylation is 2. The van der Waals surface area contributed by atoms with E-state index in [2.05, 4.69) is 10.6 Å². The van der Waals surface area contributed by atoms with Gasteiger partial charge in [-0.25, -0.2) is 0 Å². The topological polar surface area (TPSA) is 137 Å². The van der Waals surface area contributed by atoms with Crippen LogP contribution < -0.4 is 15.4 Å². The van der Waals surface area contributed by atoms with Crippen LogP contribution in [-0.2, 0) is 19.1 Å². The molecule has 30 heavy (non-hydrogen) atoms. The van der Waals surface area contributed by atoms with Crippen LogP contribution in [0.2, 0.25) is 0 Å². The molecule has 0 heterocycles. The van der Waals surface area contributed by atoms with Crippen LogP contribution in [0.15, 0.2) is 42.5 Å². The van der Waals surface area contributed by atoms with Crippen molar-refractivity contribution in [3.05, 3.63) is 63.7 Å². The van der Waals surface area contributed by atoms with Gasteiger partial charge in [-0.1, -0.05) is 18.2 Å². The molecule has 0 unspecified atom stereocenters. The summed E-state index contributed by atoms with van der Waals surface area (Å²) in [6.07, 6.45) is 0. The molecule has 0 bridgehead atoms. The molecule has 0 spiro atoms. The van der Waals surface area contributed by atoms with E-state index in [-0.39, 0.29) is 18.0 Å². The van der Waals surface area contributed by atoms with Crippen molar-refractivity contribution in [1.82, 2.24) is 5.32 Å². The number of ether oxygens (including phenoxy) is 2. The number of hydrogen-bond acceptors (Lipinski definition) is 7. The first-order valence-electron chi connectivity index (χ1n) is 8.92. The first-order chi connectivity index (χ1) is 14.3. The van der Waals surface area contributed by atoms with Crippen molar-refractivity contribution in [2.24, 2.45) is 0 Å². The number of hydrogen-bond donors (Lipinski definition) is 2. The molecule has 2 amide bonds. The summed E-state index contributed by atoms with van der Waals surface area (Å²) in [5.41, 5.74) is 1.21. The molecule has 10 nitrogen and oxygen atoms in total. The summed E-state index contributed by atoms with van der Waals surface area (Å²) in [5.74, 6) is -1.61. The molecular formula is C20H21N3O7. The third kappa shape index (κ3) is 6.89. The van der Waals surface area contributed by atoms with Crippen LogP contribution in [0, 0.1) is 24.0 Å². The van der Waals surface area contributed by atoms with Crippen molar-refractivity contribution in [3.63, 3.8) is 0 Å². The number of amides is 2. The predicted molar refractivity (Wildman–Crippen MR) is 107 cm³/mol. The van der Waals surface area contributed by atoms with Gasteiger partial charge in [0, 0.05) is 6.07 Å². The van der Waals surface area contributed by atoms with Crippen LogP contribution in [0.3, 0.4) is 0 Å². The second kappa shape index (κ2) is 10.6. The number of nitro groups is 1. The second-order valence-corrected chi connectivity index (χ2v) is 6.30. The van der Waals surface area contributed by atoms with Crippen LogP contribution in [0.1, 0.15) is 11.1 Å². The van der Waals surface area contributed by atoms with Gasteiger partial charge in [0.15, 0.2) is 13.2 Å². The fourth-order valence-electron chi connectivity index (χ4n) is 2.32. The highest BCUT2D eigenvalue weighted by molar-refractivity contribution is 5.95. The fourth-order valence-corrected chi connectivity index (χ4v) is 2.32. The molecule has 0 aliphatic carbocycles. The zero-order valence-electron chi connectivity index (χ0n) is 16.5. The number of rotatable bonds is 9. The maximum atomic E-state index is 12.0. The monoisotopic (exact) mass is 415 g/mol. The van der Waals surface area contributed by atoms with E-state index >= 15 is 0 Å². The van der Waals surface area contributed by atoms with Crippen molar-refractivity contribution in [2.75, 3.05) is 25.1 Å². The summed E-state index contributed by atoms with van der Waals surface area (Å²) in [6, 6.07) is 11.5. The number of nitrogens with zero attached hydrogens (tertiary/aromatic N) is 1. The van der Waals surface area contributed by atoms with Crippen molar-refractivity contribution >= 4 is 29.2 Å². The number of carbonyl (C=O) groups is 3. The van der Waals surface area contributed by atoms with Crippen molar-refractivity contribution in [1.29, 1.82) is 0 Å². The van der Waals surface area contributed by atoms with Gasteiger partial charge >= 0.3 is 5.97 Å². The molecular weight excluding hydrogens is 394 g/mol. The molecule has 0 radical (unpaired) electrons. The van der Waals surface area contributed by atoms with Gasteiger partial charge in [-0.3, -0.25) is 24.5 Å². The van der Waals surface area contributed by atoms with Gasteiger partial charge in [-0.05, 0) is 43.2 Å². The molecule has 2 aromatic carbocycles. The third-order valence-electron chi connectivity index (χ3n) is 3.99. The Morgan fingerprint density at radius 3 is 2.33 bits per heavy atom. The highest BCUT2D eigenvalue weighted by Crippen LogP contribution is 2.27. The molecule has 0 saturated heterocycles. The van der Waals surface area contributed by atoms with Crippen molar-refractivity contribution in [3.8, 4) is 5.75 Å². The van der Waals surface area contributed by atoms with Gasteiger partial charge in [0.1, 0.15) is 18.0 Å². The standard InChI is InChI=1S/C20H21N3O7/c1-13-8-16(17(23(27)28)9-14(13)2)22-19(25)12-30-20(26)10-21-18(24)11-29-15-6-4-3-5-7-15/h3-9H,10-12H2,1-2H3,(H,21,24)(H,22,25). The average Bonchev–Trinajstić information content (AvgIpc) is 2.72. The third-order valence-corrected chi connectivity index (χ3v) is 3.99. The minimum Gasteiger partial charge on any atom is -0.484 e. The Labute approximate surface area is 172 Å². The van der Waals surface area contributed by atoms with Gasteiger partial charge in [-0.2, -0.15) is 0 Å². The lowest BCUT2D eigenvalue weighted by Crippen LogP contribution is -2.35. The van der Waals surface area contributed by atoms with E-state index in [0.29, 0.717) is 11.3 Å². The molecule has 10 heteroatoms. The summed E-state index contributed by atoms with van der Waals surface area (Å²) in [7, 11) is 0. The fraction of sp³-hybridized carbons (Fsp3) is 0.250. The van der Waals surface area contributed by atoms with E-state index in [1.165, 1.54) is 12.1 Å². The first kappa shape index (κ1) is 22.3. The van der Waals surface area contributed by atoms with E-state index in [0.717, 1.165) is 5.56 Å². The zero-order chi connectivity index (χ0) is 22.1. The van der Waals surface area contributed by atoms with E-state index in [9.17, 15) is 24.5 Å². The first-order valence-corrected chi connectivity index (χ1v) is 8.92. The van der Waals surface area contributed by atoms with Gasteiger partial charge in [0.05, 0.1) is 4.92 Å². The van der Waals surface area contributed by atoms with E-state index in [1.807, 2.05) is 0 Å². The Hall–Kier alpha value is -3.95. The molecule has 0 fully saturated rings. The molecule has 158 valence electrons. The quantitative estimate of drug-likeness (QED) is 0.362. The Morgan fingerprint density at radius 1 is 1.00 bits per heavy atom. The summed E-state index contributed by atoms with van der Waals surface area (Å²) < 4.78 is 10.00. The van der Waals surface area contributed by atoms with E-state index < -0.39 is 35.9 Å². The maximum Gasteiger partial charge on any atom is 0.325 e. The van der Waals surface area contributed by atoms with Crippen LogP contribution in [0.4, 0.5) is 11.4 Å². The summed E-state index contributed by atoms with van der Waals surface area (Å²) in [6.45, 7) is 2.08. The summed E-state index contributed by atoms with van der Waals surface area (Å²) in [5, 5.41) is 15.8. The summed E-state index contributed by atoms with van der Waals surface area (Å²) >= 11 is 0. The van der Waals surface area contributed by atoms with Gasteiger partial charge < -0.3 is 20.1 Å². The average molecular weight is 415 g/mol. The lowest BCUT2D eigenvalue weighted by molar-refractivity contribution is -0.384. The minimum absolute atomic E-state index is 0.00973. The SMILES string of the molecule is Cc1cc(NC(=O)COC(=O)CNC(=O)COc2ccccc2)c([N+](=O)[O-])cc1C. The number of nitrogens with one attached hydrogen (secondary N) is 2. The van der Waals surface area contributed by atoms with Crippen molar-refractivity contribution in [2.45, 2.75) is 13.8 Å². The molecule has 0 aliphatic heterocycles. The number of para-hydroxylation sites is 1. The number of anilines is 1. The zero-order valence-corrected chi connectivity index (χ0v) is 16.5. The Kier molecular flexibility index (Phi) is 7.86. The molecule has 0 atom stereocenters. The molecule has 0 saturated carbocycles. The number of carbonyl (C=O) groups excluding carboxylic acids is 3. The van der Waals surface area contributed by atoms with E-state index in [4.69, 9.17) is 9.47 Å². The van der Waals surface area contributed by atoms with Gasteiger partial charge in [0.25, 0.3) is 17.5 Å². The number of esters is 1. The van der Waals surface area contributed by atoms with Gasteiger partial charge in [0.2, 0.25) is 0 Å².